The number of morpholine rings is 1. The highest BCUT2D eigenvalue weighted by Gasteiger charge is 2.52. The van der Waals surface area contributed by atoms with Gasteiger partial charge in [-0.2, -0.15) is 0 Å². The maximum absolute atomic E-state index is 13.0. The predicted octanol–water partition coefficient (Wildman–Crippen LogP) is -1.04. The summed E-state index contributed by atoms with van der Waals surface area (Å²) in [4.78, 5) is 44.4. The number of hydrogen-bond acceptors (Lipinski definition) is 5. The van der Waals surface area contributed by atoms with Crippen molar-refractivity contribution in [2.75, 3.05) is 39.4 Å². The number of carbonyl (C=O) groups excluding carboxylic acids is 3. The van der Waals surface area contributed by atoms with E-state index >= 15 is 0 Å². The number of amides is 1. The highest BCUT2D eigenvalue weighted by Crippen LogP contribution is 2.37. The van der Waals surface area contributed by atoms with Crippen molar-refractivity contribution in [1.82, 2.24) is 4.90 Å². The Balaban J connectivity index is 1.63. The van der Waals surface area contributed by atoms with Crippen molar-refractivity contribution < 1.29 is 33.4 Å². The first kappa shape index (κ1) is 18.5. The number of carbonyl (C=O) groups is 3. The number of Topliss-reactive ketones (excluding diaryl/α,β-unsaturated/α-hetero) is 2. The van der Waals surface area contributed by atoms with Crippen molar-refractivity contribution in [3.05, 3.63) is 54.2 Å². The number of rotatable bonds is 6. The lowest BCUT2D eigenvalue weighted by Crippen LogP contribution is -3.14. The molecule has 2 aliphatic heterocycles. The van der Waals surface area contributed by atoms with Crippen LogP contribution in [0.15, 0.2) is 47.3 Å². The van der Waals surface area contributed by atoms with Crippen LogP contribution < -0.4 is 9.88 Å². The van der Waals surface area contributed by atoms with Gasteiger partial charge < -0.3 is 19.0 Å². The number of quaternary nitrogens is 1. The monoisotopic (exact) mass is 385 g/mol. The van der Waals surface area contributed by atoms with Crippen LogP contribution in [0.4, 0.5) is 0 Å². The lowest BCUT2D eigenvalue weighted by molar-refractivity contribution is -0.907. The molecule has 2 N–H and O–H groups in total. The SMILES string of the molecule is O=C1C(=O)N(CC[NH+]2CCOCC2)C(c2ccc[nH+]c2)C1C(=O)c1ccco1. The van der Waals surface area contributed by atoms with E-state index in [2.05, 4.69) is 4.98 Å². The zero-order chi connectivity index (χ0) is 19.5. The lowest BCUT2D eigenvalue weighted by atomic mass is 9.89. The fraction of sp³-hybridized carbons (Fsp3) is 0.400. The summed E-state index contributed by atoms with van der Waals surface area (Å²) in [7, 11) is 0. The molecule has 2 aromatic heterocycles. The lowest BCUT2D eigenvalue weighted by Gasteiger charge is -2.29. The van der Waals surface area contributed by atoms with Gasteiger partial charge in [0.2, 0.25) is 11.6 Å². The molecule has 2 aliphatic rings. The molecule has 0 bridgehead atoms. The van der Waals surface area contributed by atoms with Crippen LogP contribution in [0.2, 0.25) is 0 Å². The highest BCUT2D eigenvalue weighted by atomic mass is 16.5. The van der Waals surface area contributed by atoms with Crippen molar-refractivity contribution in [2.24, 2.45) is 5.92 Å². The third kappa shape index (κ3) is 3.48. The van der Waals surface area contributed by atoms with Crippen LogP contribution in [0.1, 0.15) is 22.2 Å². The van der Waals surface area contributed by atoms with Gasteiger partial charge in [-0.15, -0.1) is 0 Å². The molecule has 8 nitrogen and oxygen atoms in total. The quantitative estimate of drug-likeness (QED) is 0.389. The smallest absolute Gasteiger partial charge is 0.291 e. The van der Waals surface area contributed by atoms with Crippen LogP contribution in [0.5, 0.6) is 0 Å². The number of nitrogens with one attached hydrogen (secondary N) is 2. The van der Waals surface area contributed by atoms with E-state index in [-0.39, 0.29) is 5.76 Å². The van der Waals surface area contributed by atoms with E-state index in [4.69, 9.17) is 9.15 Å². The molecule has 0 radical (unpaired) electrons. The summed E-state index contributed by atoms with van der Waals surface area (Å²) in [6.07, 6.45) is 4.86. The molecule has 4 heterocycles. The summed E-state index contributed by atoms with van der Waals surface area (Å²) < 4.78 is 10.6. The second-order valence-corrected chi connectivity index (χ2v) is 7.08. The molecule has 2 saturated heterocycles. The van der Waals surface area contributed by atoms with Gasteiger partial charge in [0.05, 0.1) is 38.6 Å². The molecular formula is C20H23N3O5+2. The van der Waals surface area contributed by atoms with Crippen molar-refractivity contribution in [3.8, 4) is 0 Å². The number of furan rings is 1. The van der Waals surface area contributed by atoms with Gasteiger partial charge in [0.1, 0.15) is 19.0 Å². The molecule has 2 atom stereocenters. The van der Waals surface area contributed by atoms with E-state index < -0.39 is 29.4 Å². The maximum Gasteiger partial charge on any atom is 0.291 e. The zero-order valence-corrected chi connectivity index (χ0v) is 15.4. The predicted molar refractivity (Wildman–Crippen MR) is 95.4 cm³/mol. The normalized spacial score (nSPS) is 23.4. The summed E-state index contributed by atoms with van der Waals surface area (Å²) in [5, 5.41) is 0. The second kappa shape index (κ2) is 8.04. The first-order valence-corrected chi connectivity index (χ1v) is 9.46. The highest BCUT2D eigenvalue weighted by molar-refractivity contribution is 6.43. The van der Waals surface area contributed by atoms with Crippen molar-refractivity contribution in [2.45, 2.75) is 6.04 Å². The van der Waals surface area contributed by atoms with Gasteiger partial charge in [-0.1, -0.05) is 0 Å². The molecule has 28 heavy (non-hydrogen) atoms. The number of H-pyrrole nitrogens is 1. The van der Waals surface area contributed by atoms with Gasteiger partial charge in [-0.25, -0.2) is 4.98 Å². The minimum absolute atomic E-state index is 0.0942. The van der Waals surface area contributed by atoms with Crippen LogP contribution in [0.3, 0.4) is 0 Å². The third-order valence-corrected chi connectivity index (χ3v) is 5.43. The van der Waals surface area contributed by atoms with Gasteiger partial charge in [-0.3, -0.25) is 14.4 Å². The van der Waals surface area contributed by atoms with E-state index in [9.17, 15) is 14.4 Å². The van der Waals surface area contributed by atoms with E-state index in [0.29, 0.717) is 26.3 Å². The van der Waals surface area contributed by atoms with Gasteiger partial charge in [0.25, 0.3) is 5.91 Å². The Morgan fingerprint density at radius 2 is 2.04 bits per heavy atom. The molecule has 2 unspecified atom stereocenters. The first-order chi connectivity index (χ1) is 13.7. The second-order valence-electron chi connectivity index (χ2n) is 7.08. The van der Waals surface area contributed by atoms with Crippen molar-refractivity contribution >= 4 is 17.5 Å². The first-order valence-electron chi connectivity index (χ1n) is 9.46. The molecule has 4 rings (SSSR count). The van der Waals surface area contributed by atoms with Crippen LogP contribution in [0, 0.1) is 5.92 Å². The molecule has 2 fully saturated rings. The fourth-order valence-electron chi connectivity index (χ4n) is 3.95. The number of ether oxygens (including phenoxy) is 1. The summed E-state index contributed by atoms with van der Waals surface area (Å²) >= 11 is 0. The molecule has 0 aliphatic carbocycles. The minimum Gasteiger partial charge on any atom is -0.461 e. The summed E-state index contributed by atoms with van der Waals surface area (Å²) in [6.45, 7) is 4.24. The Bertz CT molecular complexity index is 846. The van der Waals surface area contributed by atoms with Gasteiger partial charge >= 0.3 is 0 Å². The standard InChI is InChI=1S/C20H21N3O5/c24-18(15-4-2-10-28-15)16-17(14-3-1-5-21-13-14)23(20(26)19(16)25)7-6-22-8-11-27-12-9-22/h1-5,10,13,16-17H,6-9,11-12H2/p+2. The minimum atomic E-state index is -1.10. The average Bonchev–Trinajstić information content (AvgIpc) is 3.36. The van der Waals surface area contributed by atoms with Crippen LogP contribution >= 0.6 is 0 Å². The largest absolute Gasteiger partial charge is 0.461 e. The Hall–Kier alpha value is -2.84. The summed E-state index contributed by atoms with van der Waals surface area (Å²) in [6, 6.07) is 6.09. The summed E-state index contributed by atoms with van der Waals surface area (Å²) in [5.74, 6) is -2.75. The van der Waals surface area contributed by atoms with Gasteiger partial charge in [0.15, 0.2) is 18.2 Å². The molecule has 2 aromatic rings. The Labute approximate surface area is 162 Å². The summed E-state index contributed by atoms with van der Waals surface area (Å²) in [5.41, 5.74) is 0.726. The molecular weight excluding hydrogens is 362 g/mol. The maximum atomic E-state index is 13.0. The fourth-order valence-corrected chi connectivity index (χ4v) is 3.95. The number of nitrogens with zero attached hydrogens (tertiary/aromatic N) is 1. The van der Waals surface area contributed by atoms with Crippen LogP contribution in [-0.4, -0.2) is 61.8 Å². The van der Waals surface area contributed by atoms with Crippen molar-refractivity contribution in [1.29, 1.82) is 0 Å². The van der Waals surface area contributed by atoms with Crippen molar-refractivity contribution in [3.63, 3.8) is 0 Å². The molecule has 146 valence electrons. The third-order valence-electron chi connectivity index (χ3n) is 5.43. The van der Waals surface area contributed by atoms with E-state index in [1.54, 1.807) is 29.4 Å². The van der Waals surface area contributed by atoms with Crippen LogP contribution in [0.25, 0.3) is 0 Å². The molecule has 8 heteroatoms. The number of hydrogen-bond donors (Lipinski definition) is 1. The van der Waals surface area contributed by atoms with E-state index in [0.717, 1.165) is 18.7 Å². The van der Waals surface area contributed by atoms with Gasteiger partial charge in [0, 0.05) is 11.6 Å². The number of likely N-dealkylation sites (tertiary alicyclic amines) is 1. The van der Waals surface area contributed by atoms with Gasteiger partial charge in [-0.05, 0) is 18.2 Å². The number of aromatic amines is 1. The number of aromatic nitrogens is 1. The number of pyridine rings is 1. The van der Waals surface area contributed by atoms with Crippen LogP contribution in [-0.2, 0) is 14.3 Å². The zero-order valence-electron chi connectivity index (χ0n) is 15.4. The Morgan fingerprint density at radius 3 is 2.71 bits per heavy atom. The average molecular weight is 385 g/mol. The Morgan fingerprint density at radius 1 is 1.21 bits per heavy atom. The van der Waals surface area contributed by atoms with E-state index in [1.165, 1.54) is 17.2 Å². The number of ketones is 2. The topological polar surface area (TPSA) is 95.4 Å². The molecule has 0 spiro atoms. The molecule has 0 aromatic carbocycles. The molecule has 0 saturated carbocycles. The Kier molecular flexibility index (Phi) is 5.31. The van der Waals surface area contributed by atoms with E-state index in [1.807, 2.05) is 6.07 Å². The molecule has 1 amide bonds.